The summed E-state index contributed by atoms with van der Waals surface area (Å²) in [4.78, 5) is 0.252. The minimum atomic E-state index is -3.65. The average molecular weight is 412 g/mol. The molecule has 0 fully saturated rings. The van der Waals surface area contributed by atoms with Gasteiger partial charge in [0.2, 0.25) is 10.0 Å². The number of rotatable bonds is 6. The third-order valence-corrected chi connectivity index (χ3v) is 6.84. The molecule has 0 aliphatic carbocycles. The molecule has 4 nitrogen and oxygen atoms in total. The molecule has 0 saturated carbocycles. The van der Waals surface area contributed by atoms with Crippen LogP contribution in [0.5, 0.6) is 0 Å². The van der Waals surface area contributed by atoms with Gasteiger partial charge < -0.3 is 4.42 Å². The maximum Gasteiger partial charge on any atom is 0.244 e. The van der Waals surface area contributed by atoms with Crippen LogP contribution >= 0.6 is 27.3 Å². The summed E-state index contributed by atoms with van der Waals surface area (Å²) in [5.41, 5.74) is 0.956. The number of hydrogen-bond donors (Lipinski definition) is 0. The molecule has 120 valence electrons. The van der Waals surface area contributed by atoms with Crippen molar-refractivity contribution in [2.24, 2.45) is 0 Å². The highest BCUT2D eigenvalue weighted by molar-refractivity contribution is 9.10. The molecule has 1 aromatic carbocycles. The molecule has 0 aliphatic rings. The Morgan fingerprint density at radius 3 is 2.57 bits per heavy atom. The van der Waals surface area contributed by atoms with Crippen molar-refractivity contribution in [1.82, 2.24) is 4.31 Å². The van der Waals surface area contributed by atoms with E-state index in [1.54, 1.807) is 54.0 Å². The quantitative estimate of drug-likeness (QED) is 0.599. The second-order valence-corrected chi connectivity index (χ2v) is 8.46. The Kier molecular flexibility index (Phi) is 5.01. The Bertz CT molecular complexity index is 822. The molecule has 2 aromatic heterocycles. The van der Waals surface area contributed by atoms with Gasteiger partial charge in [-0.05, 0) is 62.6 Å². The first-order chi connectivity index (χ1) is 11.1. The summed E-state index contributed by atoms with van der Waals surface area (Å²) in [6.07, 6.45) is 1.54. The highest BCUT2D eigenvalue weighted by Crippen LogP contribution is 2.27. The van der Waals surface area contributed by atoms with Crippen molar-refractivity contribution in [3.05, 3.63) is 75.3 Å². The van der Waals surface area contributed by atoms with Crippen LogP contribution in [-0.2, 0) is 23.1 Å². The normalized spacial score (nSPS) is 11.9. The zero-order valence-corrected chi connectivity index (χ0v) is 15.3. The van der Waals surface area contributed by atoms with Crippen LogP contribution in [0.3, 0.4) is 0 Å². The van der Waals surface area contributed by atoms with Crippen molar-refractivity contribution < 1.29 is 12.8 Å². The van der Waals surface area contributed by atoms with Gasteiger partial charge in [0, 0.05) is 11.0 Å². The monoisotopic (exact) mass is 411 g/mol. The van der Waals surface area contributed by atoms with Gasteiger partial charge in [0.05, 0.1) is 17.7 Å². The van der Waals surface area contributed by atoms with E-state index in [2.05, 4.69) is 15.9 Å². The summed E-state index contributed by atoms with van der Waals surface area (Å²) >= 11 is 4.87. The summed E-state index contributed by atoms with van der Waals surface area (Å²) in [6.45, 7) is 0.486. The lowest BCUT2D eigenvalue weighted by molar-refractivity contribution is 0.358. The van der Waals surface area contributed by atoms with E-state index >= 15 is 0 Å². The van der Waals surface area contributed by atoms with Crippen molar-refractivity contribution in [2.75, 3.05) is 0 Å². The first kappa shape index (κ1) is 16.4. The zero-order chi connectivity index (χ0) is 16.3. The maximum absolute atomic E-state index is 13.1. The first-order valence-corrected chi connectivity index (χ1v) is 10.0. The van der Waals surface area contributed by atoms with Gasteiger partial charge in [0.1, 0.15) is 5.76 Å². The highest BCUT2D eigenvalue weighted by atomic mass is 79.9. The molecule has 0 N–H and O–H groups in total. The van der Waals surface area contributed by atoms with Crippen LogP contribution < -0.4 is 0 Å². The van der Waals surface area contributed by atoms with Gasteiger partial charge >= 0.3 is 0 Å². The van der Waals surface area contributed by atoms with E-state index in [1.165, 1.54) is 4.31 Å². The van der Waals surface area contributed by atoms with Crippen LogP contribution in [0.1, 0.15) is 11.3 Å². The predicted octanol–water partition coefficient (Wildman–Crippen LogP) is 4.49. The average Bonchev–Trinajstić information content (AvgIpc) is 3.20. The molecule has 3 aromatic rings. The van der Waals surface area contributed by atoms with E-state index in [0.29, 0.717) is 16.8 Å². The summed E-state index contributed by atoms with van der Waals surface area (Å²) in [7, 11) is -3.65. The van der Waals surface area contributed by atoms with Crippen LogP contribution in [0, 0.1) is 0 Å². The van der Waals surface area contributed by atoms with Gasteiger partial charge in [-0.1, -0.05) is 12.1 Å². The van der Waals surface area contributed by atoms with Crippen LogP contribution in [0.4, 0.5) is 0 Å². The number of hydrogen-bond acceptors (Lipinski definition) is 4. The van der Waals surface area contributed by atoms with Crippen molar-refractivity contribution >= 4 is 37.3 Å². The Labute approximate surface area is 147 Å². The molecule has 0 spiro atoms. The third-order valence-electron chi connectivity index (χ3n) is 3.31. The van der Waals surface area contributed by atoms with E-state index in [4.69, 9.17) is 4.42 Å². The molecule has 0 unspecified atom stereocenters. The van der Waals surface area contributed by atoms with Gasteiger partial charge in [-0.2, -0.15) is 15.6 Å². The summed E-state index contributed by atoms with van der Waals surface area (Å²) < 4.78 is 33.4. The number of nitrogens with zero attached hydrogens (tertiary/aromatic N) is 1. The third kappa shape index (κ3) is 3.74. The van der Waals surface area contributed by atoms with Crippen molar-refractivity contribution in [3.8, 4) is 0 Å². The van der Waals surface area contributed by atoms with Crippen molar-refractivity contribution in [1.29, 1.82) is 0 Å². The van der Waals surface area contributed by atoms with E-state index in [-0.39, 0.29) is 11.4 Å². The number of thiophene rings is 1. The standard InChI is InChI=1S/C16H14BrNO3S2/c17-15-5-1-2-6-16(15)23(19,20)18(10-13-7-9-22-12-13)11-14-4-3-8-21-14/h1-9,12H,10-11H2. The topological polar surface area (TPSA) is 50.5 Å². The van der Waals surface area contributed by atoms with Gasteiger partial charge in [-0.15, -0.1) is 0 Å². The molecule has 7 heteroatoms. The fourth-order valence-corrected chi connectivity index (χ4v) is 5.20. The number of benzene rings is 1. The minimum absolute atomic E-state index is 0.187. The SMILES string of the molecule is O=S(=O)(c1ccccc1Br)N(Cc1ccsc1)Cc1ccco1. The smallest absolute Gasteiger partial charge is 0.244 e. The Morgan fingerprint density at radius 2 is 1.91 bits per heavy atom. The molecule has 0 aliphatic heterocycles. The highest BCUT2D eigenvalue weighted by Gasteiger charge is 2.27. The fraction of sp³-hybridized carbons (Fsp3) is 0.125. The lowest BCUT2D eigenvalue weighted by Gasteiger charge is -2.21. The van der Waals surface area contributed by atoms with Crippen LogP contribution in [-0.4, -0.2) is 12.7 Å². The lowest BCUT2D eigenvalue weighted by atomic mass is 10.3. The molecule has 0 radical (unpaired) electrons. The molecular formula is C16H14BrNO3S2. The van der Waals surface area contributed by atoms with Crippen LogP contribution in [0.25, 0.3) is 0 Å². The second-order valence-electron chi connectivity index (χ2n) is 4.91. The van der Waals surface area contributed by atoms with Gasteiger partial charge in [0.15, 0.2) is 0 Å². The maximum atomic E-state index is 13.1. The Hall–Kier alpha value is -1.41. The molecule has 0 atom stereocenters. The molecule has 0 amide bonds. The number of sulfonamides is 1. The Balaban J connectivity index is 1.98. The summed E-state index contributed by atoms with van der Waals surface area (Å²) in [6, 6.07) is 12.3. The molecule has 2 heterocycles. The summed E-state index contributed by atoms with van der Waals surface area (Å²) in [5.74, 6) is 0.607. The number of furan rings is 1. The van der Waals surface area contributed by atoms with Crippen LogP contribution in [0.15, 0.2) is 73.3 Å². The van der Waals surface area contributed by atoms with E-state index in [0.717, 1.165) is 5.56 Å². The zero-order valence-electron chi connectivity index (χ0n) is 12.1. The molecule has 0 bridgehead atoms. The second kappa shape index (κ2) is 7.00. The fourth-order valence-electron chi connectivity index (χ4n) is 2.18. The minimum Gasteiger partial charge on any atom is -0.468 e. The first-order valence-electron chi connectivity index (χ1n) is 6.85. The van der Waals surface area contributed by atoms with Crippen LogP contribution in [0.2, 0.25) is 0 Å². The Morgan fingerprint density at radius 1 is 1.09 bits per heavy atom. The predicted molar refractivity (Wildman–Crippen MR) is 93.6 cm³/mol. The largest absolute Gasteiger partial charge is 0.468 e. The van der Waals surface area contributed by atoms with Crippen molar-refractivity contribution in [3.63, 3.8) is 0 Å². The van der Waals surface area contributed by atoms with Gasteiger partial charge in [-0.25, -0.2) is 8.42 Å². The molecule has 23 heavy (non-hydrogen) atoms. The van der Waals surface area contributed by atoms with E-state index in [9.17, 15) is 8.42 Å². The van der Waals surface area contributed by atoms with E-state index in [1.807, 2.05) is 16.8 Å². The molecular weight excluding hydrogens is 398 g/mol. The molecule has 3 rings (SSSR count). The molecule has 0 saturated heterocycles. The summed E-state index contributed by atoms with van der Waals surface area (Å²) in [5, 5.41) is 3.89. The van der Waals surface area contributed by atoms with Gasteiger partial charge in [0.25, 0.3) is 0 Å². The van der Waals surface area contributed by atoms with Gasteiger partial charge in [-0.3, -0.25) is 0 Å². The number of halogens is 1. The lowest BCUT2D eigenvalue weighted by Crippen LogP contribution is -2.30. The van der Waals surface area contributed by atoms with Crippen molar-refractivity contribution in [2.45, 2.75) is 18.0 Å². The van der Waals surface area contributed by atoms with E-state index < -0.39 is 10.0 Å².